The Labute approximate surface area is 127 Å². The molecule has 0 bridgehead atoms. The first kappa shape index (κ1) is 17.1. The van der Waals surface area contributed by atoms with Crippen LogP contribution in [-0.4, -0.2) is 21.2 Å². The van der Waals surface area contributed by atoms with E-state index >= 15 is 0 Å². The summed E-state index contributed by atoms with van der Waals surface area (Å²) in [5, 5.41) is 0. The third kappa shape index (κ3) is 6.02. The molecule has 0 amide bonds. The fourth-order valence-corrected chi connectivity index (χ4v) is 1.17. The van der Waals surface area contributed by atoms with Gasteiger partial charge in [-0.25, -0.2) is 0 Å². The van der Waals surface area contributed by atoms with E-state index in [1.807, 2.05) is 41.5 Å². The van der Waals surface area contributed by atoms with Crippen molar-refractivity contribution in [3.8, 4) is 11.9 Å². The maximum Gasteiger partial charge on any atom is 0.357 e. The van der Waals surface area contributed by atoms with Crippen LogP contribution in [0.4, 0.5) is 0 Å². The smallest absolute Gasteiger partial charge is 0.315 e. The van der Waals surface area contributed by atoms with Crippen molar-refractivity contribution in [2.24, 2.45) is 0 Å². The Kier molecular flexibility index (Phi) is 5.34. The van der Waals surface area contributed by atoms with Crippen molar-refractivity contribution in [3.05, 3.63) is 10.2 Å². The van der Waals surface area contributed by atoms with Crippen molar-refractivity contribution in [3.63, 3.8) is 0 Å². The quantitative estimate of drug-likeness (QED) is 0.609. The summed E-state index contributed by atoms with van der Waals surface area (Å²) in [6.45, 7) is 13.0. The molecule has 114 valence electrons. The molecule has 0 aromatic carbocycles. The molecule has 0 aliphatic rings. The van der Waals surface area contributed by atoms with Gasteiger partial charge in [0, 0.05) is 0 Å². The van der Waals surface area contributed by atoms with Crippen LogP contribution in [-0.2, 0) is 9.78 Å². The molecule has 0 unspecified atom stereocenters. The first-order chi connectivity index (χ1) is 8.98. The average molecular weight is 349 g/mol. The SMILES string of the molecule is Cc1nc(OOC(C)(C)C)nc(OOC(C)(C)C)c1Br. The fourth-order valence-electron chi connectivity index (χ4n) is 0.927. The second-order valence-corrected chi connectivity index (χ2v) is 7.06. The molecule has 1 rings (SSSR count). The highest BCUT2D eigenvalue weighted by Crippen LogP contribution is 2.28. The summed E-state index contributed by atoms with van der Waals surface area (Å²) in [6.07, 6.45) is 0. The topological polar surface area (TPSA) is 62.7 Å². The minimum atomic E-state index is -0.465. The van der Waals surface area contributed by atoms with Crippen molar-refractivity contribution < 1.29 is 19.6 Å². The van der Waals surface area contributed by atoms with Gasteiger partial charge >= 0.3 is 6.01 Å². The highest BCUT2D eigenvalue weighted by atomic mass is 79.9. The van der Waals surface area contributed by atoms with Crippen molar-refractivity contribution in [2.75, 3.05) is 0 Å². The van der Waals surface area contributed by atoms with Gasteiger partial charge in [-0.15, -0.1) is 0 Å². The summed E-state index contributed by atoms with van der Waals surface area (Å²) in [5.41, 5.74) is -0.269. The first-order valence-corrected chi connectivity index (χ1v) is 7.03. The normalized spacial score (nSPS) is 12.4. The van der Waals surface area contributed by atoms with Crippen molar-refractivity contribution in [1.82, 2.24) is 9.97 Å². The van der Waals surface area contributed by atoms with Crippen molar-refractivity contribution in [1.29, 1.82) is 0 Å². The van der Waals surface area contributed by atoms with Gasteiger partial charge in [-0.3, -0.25) is 4.89 Å². The van der Waals surface area contributed by atoms with E-state index in [2.05, 4.69) is 25.9 Å². The molecule has 1 aromatic rings. The van der Waals surface area contributed by atoms with E-state index in [0.717, 1.165) is 0 Å². The molecule has 0 saturated heterocycles. The standard InChI is InChI=1S/C13H21BrN2O4/c1-8-9(14)10(17-19-12(2,3)4)16-11(15-8)18-20-13(5,6)7/h1-7H3. The molecule has 0 fully saturated rings. The van der Waals surface area contributed by atoms with Gasteiger partial charge in [-0.05, 0) is 64.4 Å². The molecular weight excluding hydrogens is 328 g/mol. The van der Waals surface area contributed by atoms with Gasteiger partial charge in [0.05, 0.1) is 5.69 Å². The highest BCUT2D eigenvalue weighted by Gasteiger charge is 2.19. The number of hydrogen-bond donors (Lipinski definition) is 0. The van der Waals surface area contributed by atoms with E-state index in [9.17, 15) is 0 Å². The maximum absolute atomic E-state index is 5.23. The van der Waals surface area contributed by atoms with Gasteiger partial charge in [0.2, 0.25) is 0 Å². The zero-order chi connectivity index (χ0) is 15.6. The number of nitrogens with zero attached hydrogens (tertiary/aromatic N) is 2. The van der Waals surface area contributed by atoms with E-state index in [-0.39, 0.29) is 11.9 Å². The molecule has 0 spiro atoms. The largest absolute Gasteiger partial charge is 0.357 e. The number of hydrogen-bond acceptors (Lipinski definition) is 6. The van der Waals surface area contributed by atoms with Gasteiger partial charge in [0.15, 0.2) is 0 Å². The van der Waals surface area contributed by atoms with Crippen LogP contribution in [0.25, 0.3) is 0 Å². The zero-order valence-corrected chi connectivity index (χ0v) is 14.5. The molecule has 0 aliphatic heterocycles. The minimum Gasteiger partial charge on any atom is -0.315 e. The zero-order valence-electron chi connectivity index (χ0n) is 12.9. The van der Waals surface area contributed by atoms with Gasteiger partial charge in [-0.1, -0.05) is 0 Å². The molecule has 0 N–H and O–H groups in total. The second-order valence-electron chi connectivity index (χ2n) is 6.27. The van der Waals surface area contributed by atoms with E-state index in [1.165, 1.54) is 0 Å². The van der Waals surface area contributed by atoms with Crippen LogP contribution in [0, 0.1) is 6.92 Å². The summed E-state index contributed by atoms with van der Waals surface area (Å²) in [4.78, 5) is 29.0. The minimum absolute atomic E-state index is 0.0631. The lowest BCUT2D eigenvalue weighted by molar-refractivity contribution is -0.285. The van der Waals surface area contributed by atoms with Gasteiger partial charge < -0.3 is 4.89 Å². The third-order valence-corrected chi connectivity index (χ3v) is 2.62. The Hall–Kier alpha value is -0.920. The molecule has 0 aliphatic carbocycles. The van der Waals surface area contributed by atoms with Crippen LogP contribution in [0.3, 0.4) is 0 Å². The summed E-state index contributed by atoms with van der Waals surface area (Å²) in [6, 6.07) is 0.0631. The Morgan fingerprint density at radius 1 is 0.850 bits per heavy atom. The lowest BCUT2D eigenvalue weighted by Crippen LogP contribution is -2.23. The number of aryl methyl sites for hydroxylation is 1. The Bertz CT molecular complexity index is 467. The average Bonchev–Trinajstić information content (AvgIpc) is 2.26. The molecule has 7 heteroatoms. The summed E-state index contributed by atoms with van der Waals surface area (Å²) in [5.74, 6) is 0.236. The Balaban J connectivity index is 2.86. The Morgan fingerprint density at radius 3 is 1.85 bits per heavy atom. The molecule has 0 saturated carbocycles. The van der Waals surface area contributed by atoms with Crippen LogP contribution < -0.4 is 9.78 Å². The molecule has 1 aromatic heterocycles. The highest BCUT2D eigenvalue weighted by molar-refractivity contribution is 9.10. The molecular formula is C13H21BrN2O4. The van der Waals surface area contributed by atoms with E-state index in [4.69, 9.17) is 19.6 Å². The van der Waals surface area contributed by atoms with Crippen molar-refractivity contribution >= 4 is 15.9 Å². The van der Waals surface area contributed by atoms with Crippen LogP contribution >= 0.6 is 15.9 Å². The summed E-state index contributed by atoms with van der Waals surface area (Å²) < 4.78 is 0.602. The van der Waals surface area contributed by atoms with Crippen molar-refractivity contribution in [2.45, 2.75) is 59.7 Å². The fraction of sp³-hybridized carbons (Fsp3) is 0.692. The second kappa shape index (κ2) is 6.24. The monoisotopic (exact) mass is 348 g/mol. The van der Waals surface area contributed by atoms with E-state index < -0.39 is 11.2 Å². The molecule has 0 atom stereocenters. The van der Waals surface area contributed by atoms with Crippen LogP contribution in [0.15, 0.2) is 4.47 Å². The van der Waals surface area contributed by atoms with Crippen LogP contribution in [0.5, 0.6) is 11.9 Å². The summed E-state index contributed by atoms with van der Waals surface area (Å²) >= 11 is 3.35. The van der Waals surface area contributed by atoms with Crippen LogP contribution in [0.2, 0.25) is 0 Å². The van der Waals surface area contributed by atoms with E-state index in [0.29, 0.717) is 10.2 Å². The number of rotatable bonds is 4. The number of aromatic nitrogens is 2. The lowest BCUT2D eigenvalue weighted by Gasteiger charge is -2.19. The van der Waals surface area contributed by atoms with Gasteiger partial charge in [-0.2, -0.15) is 19.7 Å². The van der Waals surface area contributed by atoms with Gasteiger partial charge in [0.25, 0.3) is 5.88 Å². The molecule has 20 heavy (non-hydrogen) atoms. The molecule has 1 heterocycles. The predicted octanol–water partition coefficient (Wildman–Crippen LogP) is 3.77. The third-order valence-electron chi connectivity index (χ3n) is 1.70. The number of halogens is 1. The lowest BCUT2D eigenvalue weighted by atomic mass is 10.2. The molecule has 0 radical (unpaired) electrons. The van der Waals surface area contributed by atoms with E-state index in [1.54, 1.807) is 6.92 Å². The first-order valence-electron chi connectivity index (χ1n) is 6.23. The predicted molar refractivity (Wildman–Crippen MR) is 77.4 cm³/mol. The maximum atomic E-state index is 5.23. The molecule has 6 nitrogen and oxygen atoms in total. The van der Waals surface area contributed by atoms with Gasteiger partial charge in [0.1, 0.15) is 15.7 Å². The summed E-state index contributed by atoms with van der Waals surface area (Å²) in [7, 11) is 0. The Morgan fingerprint density at radius 2 is 1.35 bits per heavy atom. The van der Waals surface area contributed by atoms with Crippen LogP contribution in [0.1, 0.15) is 47.2 Å².